The molecule has 3 rings (SSSR count). The Morgan fingerprint density at radius 1 is 1.44 bits per heavy atom. The van der Waals surface area contributed by atoms with Gasteiger partial charge in [0.05, 0.1) is 12.9 Å². The van der Waals surface area contributed by atoms with E-state index in [-0.39, 0.29) is 0 Å². The number of nitrogens with one attached hydrogen (secondary N) is 2. The fraction of sp³-hybridized carbons (Fsp3) is 0.583. The quantitative estimate of drug-likeness (QED) is 0.844. The van der Waals surface area contributed by atoms with Gasteiger partial charge in [-0.2, -0.15) is 9.97 Å². The highest BCUT2D eigenvalue weighted by atomic mass is 16.5. The highest BCUT2D eigenvalue weighted by molar-refractivity contribution is 5.76. The van der Waals surface area contributed by atoms with Crippen molar-refractivity contribution in [2.75, 3.05) is 19.0 Å². The van der Waals surface area contributed by atoms with E-state index in [0.29, 0.717) is 24.1 Å². The smallest absolute Gasteiger partial charge is 0.245 e. The topological polar surface area (TPSA) is 75.7 Å². The second-order valence-electron chi connectivity index (χ2n) is 4.64. The lowest BCUT2D eigenvalue weighted by atomic mass is 9.83. The van der Waals surface area contributed by atoms with Gasteiger partial charge in [0.1, 0.15) is 5.52 Å². The van der Waals surface area contributed by atoms with Gasteiger partial charge in [-0.25, -0.2) is 4.98 Å². The third kappa shape index (κ3) is 2.10. The second kappa shape index (κ2) is 4.80. The fourth-order valence-corrected chi connectivity index (χ4v) is 2.13. The summed E-state index contributed by atoms with van der Waals surface area (Å²) in [4.78, 5) is 15.7. The molecule has 2 heterocycles. The van der Waals surface area contributed by atoms with E-state index in [1.165, 1.54) is 19.3 Å². The van der Waals surface area contributed by atoms with Crippen molar-refractivity contribution < 1.29 is 4.74 Å². The van der Waals surface area contributed by atoms with Crippen LogP contribution >= 0.6 is 0 Å². The Balaban J connectivity index is 1.74. The summed E-state index contributed by atoms with van der Waals surface area (Å²) in [5.41, 5.74) is 1.40. The maximum atomic E-state index is 5.76. The first-order valence-corrected chi connectivity index (χ1v) is 6.38. The van der Waals surface area contributed by atoms with Crippen LogP contribution in [-0.2, 0) is 0 Å². The summed E-state index contributed by atoms with van der Waals surface area (Å²) in [5.74, 6) is 1.96. The molecule has 18 heavy (non-hydrogen) atoms. The van der Waals surface area contributed by atoms with Crippen molar-refractivity contribution in [2.45, 2.75) is 25.7 Å². The van der Waals surface area contributed by atoms with Crippen molar-refractivity contribution in [2.24, 2.45) is 5.92 Å². The molecule has 96 valence electrons. The first kappa shape index (κ1) is 11.3. The van der Waals surface area contributed by atoms with Gasteiger partial charge in [0.15, 0.2) is 5.65 Å². The molecule has 1 aliphatic rings. The summed E-state index contributed by atoms with van der Waals surface area (Å²) in [6.07, 6.45) is 6.77. The summed E-state index contributed by atoms with van der Waals surface area (Å²) in [6.45, 7) is 0.707. The van der Waals surface area contributed by atoms with Crippen LogP contribution < -0.4 is 10.1 Å². The number of fused-ring (bicyclic) bond motifs is 1. The Labute approximate surface area is 105 Å². The van der Waals surface area contributed by atoms with Crippen molar-refractivity contribution in [3.63, 3.8) is 0 Å². The summed E-state index contributed by atoms with van der Waals surface area (Å²) in [5, 5.41) is 2.91. The van der Waals surface area contributed by atoms with Crippen molar-refractivity contribution in [1.29, 1.82) is 0 Å². The van der Waals surface area contributed by atoms with Crippen LogP contribution in [0.5, 0.6) is 5.88 Å². The van der Waals surface area contributed by atoms with Crippen LogP contribution in [0.1, 0.15) is 25.7 Å². The van der Waals surface area contributed by atoms with Gasteiger partial charge in [0.25, 0.3) is 0 Å². The molecule has 1 aliphatic carbocycles. The first-order valence-electron chi connectivity index (χ1n) is 6.38. The first-order chi connectivity index (χ1) is 8.86. The van der Waals surface area contributed by atoms with Gasteiger partial charge in [-0.15, -0.1) is 0 Å². The number of aromatic amines is 1. The summed E-state index contributed by atoms with van der Waals surface area (Å²) in [6, 6.07) is 0. The molecule has 0 bridgehead atoms. The van der Waals surface area contributed by atoms with Gasteiger partial charge in [-0.3, -0.25) is 0 Å². The number of aromatic nitrogens is 4. The van der Waals surface area contributed by atoms with Crippen LogP contribution in [0.2, 0.25) is 0 Å². The molecular formula is C12H17N5O. The molecule has 0 saturated heterocycles. The molecule has 1 fully saturated rings. The molecule has 6 nitrogen and oxygen atoms in total. The molecule has 0 aliphatic heterocycles. The van der Waals surface area contributed by atoms with Gasteiger partial charge in [-0.05, 0) is 12.3 Å². The molecule has 0 unspecified atom stereocenters. The second-order valence-corrected chi connectivity index (χ2v) is 4.64. The molecule has 2 aromatic rings. The predicted molar refractivity (Wildman–Crippen MR) is 68.7 cm³/mol. The molecular weight excluding hydrogens is 230 g/mol. The number of ether oxygens (including phenoxy) is 1. The van der Waals surface area contributed by atoms with E-state index in [1.807, 2.05) is 0 Å². The molecule has 0 amide bonds. The Morgan fingerprint density at radius 2 is 2.33 bits per heavy atom. The van der Waals surface area contributed by atoms with Crippen LogP contribution in [0, 0.1) is 5.92 Å². The van der Waals surface area contributed by atoms with Crippen LogP contribution in [0.3, 0.4) is 0 Å². The van der Waals surface area contributed by atoms with Gasteiger partial charge in [0.2, 0.25) is 11.8 Å². The maximum absolute atomic E-state index is 5.76. The minimum Gasteiger partial charge on any atom is -0.476 e. The number of rotatable bonds is 5. The predicted octanol–water partition coefficient (Wildman–Crippen LogP) is 1.96. The number of anilines is 1. The minimum atomic E-state index is 0.535. The lowest BCUT2D eigenvalue weighted by Crippen LogP contribution is -2.15. The van der Waals surface area contributed by atoms with Crippen molar-refractivity contribution >= 4 is 17.1 Å². The highest BCUT2D eigenvalue weighted by Crippen LogP contribution is 2.29. The van der Waals surface area contributed by atoms with E-state index in [9.17, 15) is 0 Å². The summed E-state index contributed by atoms with van der Waals surface area (Å²) < 4.78 is 5.76. The van der Waals surface area contributed by atoms with E-state index in [4.69, 9.17) is 4.74 Å². The Hall–Kier alpha value is -1.85. The van der Waals surface area contributed by atoms with E-state index < -0.39 is 0 Å². The maximum Gasteiger partial charge on any atom is 0.245 e. The zero-order valence-electron chi connectivity index (χ0n) is 10.4. The number of H-pyrrole nitrogens is 1. The molecule has 6 heteroatoms. The average Bonchev–Trinajstić information content (AvgIpc) is 2.80. The van der Waals surface area contributed by atoms with E-state index in [2.05, 4.69) is 25.3 Å². The van der Waals surface area contributed by atoms with Gasteiger partial charge < -0.3 is 15.0 Å². The van der Waals surface area contributed by atoms with E-state index in [1.54, 1.807) is 13.4 Å². The molecule has 0 atom stereocenters. The number of nitrogens with zero attached hydrogens (tertiary/aromatic N) is 3. The molecule has 0 spiro atoms. The molecule has 2 N–H and O–H groups in total. The molecule has 1 saturated carbocycles. The van der Waals surface area contributed by atoms with Crippen LogP contribution in [-0.4, -0.2) is 33.6 Å². The van der Waals surface area contributed by atoms with Crippen molar-refractivity contribution in [1.82, 2.24) is 19.9 Å². The van der Waals surface area contributed by atoms with Crippen molar-refractivity contribution in [3.05, 3.63) is 6.33 Å². The minimum absolute atomic E-state index is 0.535. The summed E-state index contributed by atoms with van der Waals surface area (Å²) >= 11 is 0. The van der Waals surface area contributed by atoms with Crippen LogP contribution in [0.15, 0.2) is 6.33 Å². The molecule has 0 aromatic carbocycles. The summed E-state index contributed by atoms with van der Waals surface area (Å²) in [7, 11) is 1.78. The largest absolute Gasteiger partial charge is 0.476 e. The average molecular weight is 247 g/mol. The fourth-order valence-electron chi connectivity index (χ4n) is 2.13. The molecule has 2 aromatic heterocycles. The normalized spacial score (nSPS) is 15.6. The number of imidazole rings is 1. The zero-order chi connectivity index (χ0) is 12.4. The SMILES string of the molecule is CNc1nc(OCCC2CCC2)c2[nH]cnc2n1. The number of hydrogen-bond donors (Lipinski definition) is 2. The monoisotopic (exact) mass is 247 g/mol. The van der Waals surface area contributed by atoms with Crippen LogP contribution in [0.25, 0.3) is 11.2 Å². The lowest BCUT2D eigenvalue weighted by Gasteiger charge is -2.24. The van der Waals surface area contributed by atoms with Gasteiger partial charge >= 0.3 is 0 Å². The zero-order valence-corrected chi connectivity index (χ0v) is 10.4. The van der Waals surface area contributed by atoms with Gasteiger partial charge in [-0.1, -0.05) is 19.3 Å². The van der Waals surface area contributed by atoms with Crippen molar-refractivity contribution in [3.8, 4) is 5.88 Å². The number of hydrogen-bond acceptors (Lipinski definition) is 5. The molecule has 0 radical (unpaired) electrons. The van der Waals surface area contributed by atoms with Gasteiger partial charge in [0, 0.05) is 7.05 Å². The van der Waals surface area contributed by atoms with Crippen LogP contribution in [0.4, 0.5) is 5.95 Å². The third-order valence-electron chi connectivity index (χ3n) is 3.47. The lowest BCUT2D eigenvalue weighted by molar-refractivity contribution is 0.219. The third-order valence-corrected chi connectivity index (χ3v) is 3.47. The van der Waals surface area contributed by atoms with E-state index in [0.717, 1.165) is 17.9 Å². The highest BCUT2D eigenvalue weighted by Gasteiger charge is 2.17. The Kier molecular flexibility index (Phi) is 3.00. The Morgan fingerprint density at radius 3 is 3.06 bits per heavy atom. The standard InChI is InChI=1S/C12H17N5O/c1-13-12-16-10-9(14-7-15-10)11(17-12)18-6-5-8-3-2-4-8/h7-8H,2-6H2,1H3,(H2,13,14,15,16,17). The van der Waals surface area contributed by atoms with E-state index >= 15 is 0 Å². The Bertz CT molecular complexity index is 534.